The molecule has 7 heteroatoms. The van der Waals surface area contributed by atoms with Crippen molar-refractivity contribution in [3.05, 3.63) is 52.1 Å². The van der Waals surface area contributed by atoms with Gasteiger partial charge in [0.1, 0.15) is 0 Å². The topological polar surface area (TPSA) is 65.2 Å². The Morgan fingerprint density at radius 1 is 1.32 bits per heavy atom. The number of hydrogen-bond donors (Lipinski definition) is 1. The molecule has 0 bridgehead atoms. The zero-order valence-electron chi connectivity index (χ0n) is 9.36. The van der Waals surface area contributed by atoms with Gasteiger partial charge in [-0.3, -0.25) is 4.79 Å². The van der Waals surface area contributed by atoms with Gasteiger partial charge in [-0.25, -0.2) is 9.37 Å². The van der Waals surface area contributed by atoms with Gasteiger partial charge in [0.05, 0.1) is 0 Å². The first-order chi connectivity index (χ1) is 8.97. The van der Waals surface area contributed by atoms with Gasteiger partial charge in [-0.05, 0) is 18.2 Å². The fourth-order valence-electron chi connectivity index (χ4n) is 1.34. The van der Waals surface area contributed by atoms with Crippen LogP contribution in [0.5, 0.6) is 11.6 Å². The summed E-state index contributed by atoms with van der Waals surface area (Å²) in [6.07, 6.45) is 1.28. The Labute approximate surface area is 115 Å². The van der Waals surface area contributed by atoms with Crippen molar-refractivity contribution in [3.63, 3.8) is 0 Å². The van der Waals surface area contributed by atoms with Crippen LogP contribution in [0.2, 0.25) is 0 Å². The number of rotatable bonds is 3. The molecule has 0 aliphatic heterocycles. The van der Waals surface area contributed by atoms with Crippen molar-refractivity contribution in [3.8, 4) is 11.6 Å². The number of amides is 1. The standard InChI is InChI=1S/C12H7BrF2N2O2/c13-7-4-8(14)11(15)9(5-7)19-10-3-6(12(16)18)1-2-17-10/h1-5H,(H2,16,18). The minimum atomic E-state index is -1.14. The summed E-state index contributed by atoms with van der Waals surface area (Å²) < 4.78 is 32.1. The number of halogens is 3. The van der Waals surface area contributed by atoms with E-state index >= 15 is 0 Å². The lowest BCUT2D eigenvalue weighted by atomic mass is 10.2. The molecule has 0 atom stereocenters. The van der Waals surface area contributed by atoms with E-state index in [0.29, 0.717) is 4.47 Å². The van der Waals surface area contributed by atoms with Crippen LogP contribution in [0, 0.1) is 11.6 Å². The van der Waals surface area contributed by atoms with Crippen molar-refractivity contribution in [1.82, 2.24) is 4.98 Å². The molecule has 1 heterocycles. The van der Waals surface area contributed by atoms with Crippen LogP contribution in [0.15, 0.2) is 34.9 Å². The highest BCUT2D eigenvalue weighted by molar-refractivity contribution is 9.10. The molecule has 0 aliphatic carbocycles. The smallest absolute Gasteiger partial charge is 0.248 e. The van der Waals surface area contributed by atoms with Gasteiger partial charge in [-0.1, -0.05) is 15.9 Å². The third-order valence-corrected chi connectivity index (χ3v) is 2.65. The molecule has 0 fully saturated rings. The number of benzene rings is 1. The molecule has 1 amide bonds. The van der Waals surface area contributed by atoms with Crippen LogP contribution in [0.25, 0.3) is 0 Å². The minimum absolute atomic E-state index is 0.0623. The van der Waals surface area contributed by atoms with Crippen molar-refractivity contribution in [1.29, 1.82) is 0 Å². The second-order valence-electron chi connectivity index (χ2n) is 3.55. The summed E-state index contributed by atoms with van der Waals surface area (Å²) in [5, 5.41) is 0. The number of aromatic nitrogens is 1. The number of nitrogens with two attached hydrogens (primary N) is 1. The minimum Gasteiger partial charge on any atom is -0.436 e. The summed E-state index contributed by atoms with van der Waals surface area (Å²) >= 11 is 3.02. The Kier molecular flexibility index (Phi) is 3.75. The van der Waals surface area contributed by atoms with E-state index in [-0.39, 0.29) is 17.2 Å². The molecular formula is C12H7BrF2N2O2. The van der Waals surface area contributed by atoms with E-state index in [1.807, 2.05) is 0 Å². The zero-order chi connectivity index (χ0) is 14.0. The molecule has 4 nitrogen and oxygen atoms in total. The van der Waals surface area contributed by atoms with E-state index in [9.17, 15) is 13.6 Å². The highest BCUT2D eigenvalue weighted by Gasteiger charge is 2.13. The molecule has 2 rings (SSSR count). The molecule has 2 aromatic rings. The highest BCUT2D eigenvalue weighted by Crippen LogP contribution is 2.28. The largest absolute Gasteiger partial charge is 0.436 e. The Morgan fingerprint density at radius 3 is 2.74 bits per heavy atom. The van der Waals surface area contributed by atoms with Crippen LogP contribution >= 0.6 is 15.9 Å². The number of hydrogen-bond acceptors (Lipinski definition) is 3. The summed E-state index contributed by atoms with van der Waals surface area (Å²) in [6.45, 7) is 0. The fourth-order valence-corrected chi connectivity index (χ4v) is 1.75. The normalized spacial score (nSPS) is 10.3. The lowest BCUT2D eigenvalue weighted by molar-refractivity contribution is 0.1000. The number of carbonyl (C=O) groups excluding carboxylic acids is 1. The molecule has 0 saturated carbocycles. The number of pyridine rings is 1. The molecule has 0 saturated heterocycles. The van der Waals surface area contributed by atoms with Gasteiger partial charge in [0.2, 0.25) is 17.6 Å². The summed E-state index contributed by atoms with van der Waals surface area (Å²) in [5.41, 5.74) is 5.24. The van der Waals surface area contributed by atoms with E-state index in [1.54, 1.807) is 0 Å². The van der Waals surface area contributed by atoms with Crippen molar-refractivity contribution in [2.45, 2.75) is 0 Å². The number of nitrogens with zero attached hydrogens (tertiary/aromatic N) is 1. The van der Waals surface area contributed by atoms with Gasteiger partial charge in [-0.15, -0.1) is 0 Å². The van der Waals surface area contributed by atoms with Crippen LogP contribution in [0.4, 0.5) is 8.78 Å². The Balaban J connectivity index is 2.36. The van der Waals surface area contributed by atoms with Gasteiger partial charge in [0, 0.05) is 22.3 Å². The van der Waals surface area contributed by atoms with Crippen molar-refractivity contribution >= 4 is 21.8 Å². The molecule has 1 aromatic carbocycles. The van der Waals surface area contributed by atoms with Crippen LogP contribution in [-0.2, 0) is 0 Å². The first-order valence-corrected chi connectivity index (χ1v) is 5.85. The summed E-state index contributed by atoms with van der Waals surface area (Å²) in [7, 11) is 0. The Bertz CT molecular complexity index is 650. The molecule has 0 unspecified atom stereocenters. The quantitative estimate of drug-likeness (QED) is 0.881. The lowest BCUT2D eigenvalue weighted by Gasteiger charge is -2.07. The van der Waals surface area contributed by atoms with Crippen LogP contribution in [0.1, 0.15) is 10.4 Å². The van der Waals surface area contributed by atoms with Crippen LogP contribution in [0.3, 0.4) is 0 Å². The molecule has 0 spiro atoms. The average molecular weight is 329 g/mol. The first-order valence-electron chi connectivity index (χ1n) is 5.05. The number of primary amides is 1. The number of carbonyl (C=O) groups is 1. The fraction of sp³-hybridized carbons (Fsp3) is 0. The van der Waals surface area contributed by atoms with E-state index in [0.717, 1.165) is 6.07 Å². The van der Waals surface area contributed by atoms with Gasteiger partial charge >= 0.3 is 0 Å². The predicted octanol–water partition coefficient (Wildman–Crippen LogP) is 3.01. The van der Waals surface area contributed by atoms with Gasteiger partial charge < -0.3 is 10.5 Å². The lowest BCUT2D eigenvalue weighted by Crippen LogP contribution is -2.11. The first kappa shape index (κ1) is 13.4. The average Bonchev–Trinajstić information content (AvgIpc) is 2.35. The zero-order valence-corrected chi connectivity index (χ0v) is 10.9. The maximum absolute atomic E-state index is 13.5. The third kappa shape index (κ3) is 3.05. The molecule has 98 valence electrons. The molecule has 2 N–H and O–H groups in total. The van der Waals surface area contributed by atoms with Gasteiger partial charge in [-0.2, -0.15) is 4.39 Å². The monoisotopic (exact) mass is 328 g/mol. The Morgan fingerprint density at radius 2 is 2.05 bits per heavy atom. The van der Waals surface area contributed by atoms with E-state index in [4.69, 9.17) is 10.5 Å². The molecule has 19 heavy (non-hydrogen) atoms. The van der Waals surface area contributed by atoms with Gasteiger partial charge in [0.25, 0.3) is 0 Å². The van der Waals surface area contributed by atoms with Gasteiger partial charge in [0.15, 0.2) is 11.6 Å². The van der Waals surface area contributed by atoms with Crippen LogP contribution in [-0.4, -0.2) is 10.9 Å². The molecular weight excluding hydrogens is 322 g/mol. The molecule has 0 aliphatic rings. The van der Waals surface area contributed by atoms with Crippen molar-refractivity contribution in [2.75, 3.05) is 0 Å². The summed E-state index contributed by atoms with van der Waals surface area (Å²) in [6, 6.07) is 4.83. The predicted molar refractivity (Wildman–Crippen MR) is 66.9 cm³/mol. The maximum Gasteiger partial charge on any atom is 0.248 e. The van der Waals surface area contributed by atoms with Crippen LogP contribution < -0.4 is 10.5 Å². The van der Waals surface area contributed by atoms with E-state index in [2.05, 4.69) is 20.9 Å². The Hall–Kier alpha value is -2.02. The third-order valence-electron chi connectivity index (χ3n) is 2.19. The molecule has 0 radical (unpaired) electrons. The van der Waals surface area contributed by atoms with E-state index in [1.165, 1.54) is 24.4 Å². The summed E-state index contributed by atoms with van der Waals surface area (Å²) in [4.78, 5) is 14.8. The SMILES string of the molecule is NC(=O)c1ccnc(Oc2cc(Br)cc(F)c2F)c1. The second-order valence-corrected chi connectivity index (χ2v) is 4.46. The second kappa shape index (κ2) is 5.31. The van der Waals surface area contributed by atoms with E-state index < -0.39 is 17.5 Å². The van der Waals surface area contributed by atoms with Crippen molar-refractivity contribution < 1.29 is 18.3 Å². The maximum atomic E-state index is 13.5. The molecule has 1 aromatic heterocycles. The number of ether oxygens (including phenoxy) is 1. The highest BCUT2D eigenvalue weighted by atomic mass is 79.9. The summed E-state index contributed by atoms with van der Waals surface area (Å²) in [5.74, 6) is -3.29. The van der Waals surface area contributed by atoms with Crippen molar-refractivity contribution in [2.24, 2.45) is 5.73 Å².